The maximum absolute atomic E-state index is 9.26. The number of hydrogen-bond donors (Lipinski definition) is 2. The fourth-order valence-electron chi connectivity index (χ4n) is 2.02. The molecule has 1 aliphatic heterocycles. The summed E-state index contributed by atoms with van der Waals surface area (Å²) in [5.41, 5.74) is 1.31. The molecule has 0 aliphatic carbocycles. The van der Waals surface area contributed by atoms with Gasteiger partial charge in [0.1, 0.15) is 0 Å². The van der Waals surface area contributed by atoms with Crippen molar-refractivity contribution in [1.82, 2.24) is 14.9 Å². The number of rotatable bonds is 3. The summed E-state index contributed by atoms with van der Waals surface area (Å²) in [6, 6.07) is 0. The monoisotopic (exact) mass is 209 g/mol. The van der Waals surface area contributed by atoms with Crippen LogP contribution in [0.3, 0.4) is 0 Å². The van der Waals surface area contributed by atoms with Gasteiger partial charge in [-0.05, 0) is 31.3 Å². The lowest BCUT2D eigenvalue weighted by Crippen LogP contribution is -2.40. The number of aromatic amines is 1. The highest BCUT2D eigenvalue weighted by molar-refractivity contribution is 4.95. The molecule has 0 atom stereocenters. The number of hydrogen-bond acceptors (Lipinski definition) is 3. The van der Waals surface area contributed by atoms with Crippen molar-refractivity contribution in [2.75, 3.05) is 19.7 Å². The Morgan fingerprint density at radius 1 is 1.53 bits per heavy atom. The second kappa shape index (κ2) is 4.33. The molecule has 1 aromatic heterocycles. The predicted octanol–water partition coefficient (Wildman–Crippen LogP) is 1.00. The number of imidazole rings is 1. The van der Waals surface area contributed by atoms with Crippen molar-refractivity contribution >= 4 is 0 Å². The van der Waals surface area contributed by atoms with Gasteiger partial charge in [-0.1, -0.05) is 6.92 Å². The number of aliphatic hydroxyl groups excluding tert-OH is 1. The van der Waals surface area contributed by atoms with Gasteiger partial charge in [-0.2, -0.15) is 0 Å². The molecule has 2 heterocycles. The second-order valence-electron chi connectivity index (χ2n) is 4.82. The van der Waals surface area contributed by atoms with E-state index in [9.17, 15) is 5.11 Å². The number of aliphatic hydroxyl groups is 1. The van der Waals surface area contributed by atoms with Gasteiger partial charge in [-0.15, -0.1) is 0 Å². The summed E-state index contributed by atoms with van der Waals surface area (Å²) in [5, 5.41) is 9.26. The van der Waals surface area contributed by atoms with E-state index in [4.69, 9.17) is 0 Å². The molecule has 1 saturated heterocycles. The van der Waals surface area contributed by atoms with E-state index in [0.717, 1.165) is 32.5 Å². The van der Waals surface area contributed by atoms with Crippen LogP contribution >= 0.6 is 0 Å². The highest BCUT2D eigenvalue weighted by Crippen LogP contribution is 2.30. The fraction of sp³-hybridized carbons (Fsp3) is 0.727. The van der Waals surface area contributed by atoms with E-state index in [1.165, 1.54) is 5.69 Å². The minimum Gasteiger partial charge on any atom is -0.396 e. The van der Waals surface area contributed by atoms with Crippen LogP contribution in [0.1, 0.15) is 25.5 Å². The van der Waals surface area contributed by atoms with Crippen molar-refractivity contribution in [3.8, 4) is 0 Å². The molecule has 0 saturated carbocycles. The molecule has 1 fully saturated rings. The molecule has 1 aliphatic rings. The zero-order valence-corrected chi connectivity index (χ0v) is 9.24. The third-order valence-electron chi connectivity index (χ3n) is 3.39. The number of likely N-dealkylation sites (tertiary alicyclic amines) is 1. The molecular weight excluding hydrogens is 190 g/mol. The average molecular weight is 209 g/mol. The first-order chi connectivity index (χ1) is 7.22. The lowest BCUT2D eigenvalue weighted by atomic mass is 9.81. The summed E-state index contributed by atoms with van der Waals surface area (Å²) < 4.78 is 0. The zero-order valence-electron chi connectivity index (χ0n) is 9.24. The van der Waals surface area contributed by atoms with Gasteiger partial charge < -0.3 is 10.1 Å². The van der Waals surface area contributed by atoms with Gasteiger partial charge in [0.15, 0.2) is 0 Å². The molecule has 84 valence electrons. The summed E-state index contributed by atoms with van der Waals surface area (Å²) in [7, 11) is 0. The standard InChI is InChI=1S/C11H19N3O/c1-11(8-15)2-4-14(5-3-11)7-10-6-12-9-13-10/h6,9,15H,2-5,7-8H2,1H3,(H,12,13). The predicted molar refractivity (Wildman–Crippen MR) is 58.3 cm³/mol. The van der Waals surface area contributed by atoms with E-state index < -0.39 is 0 Å². The van der Waals surface area contributed by atoms with E-state index in [-0.39, 0.29) is 5.41 Å². The third-order valence-corrected chi connectivity index (χ3v) is 3.39. The van der Waals surface area contributed by atoms with Crippen LogP contribution in [-0.2, 0) is 6.54 Å². The number of H-pyrrole nitrogens is 1. The highest BCUT2D eigenvalue weighted by Gasteiger charge is 2.29. The van der Waals surface area contributed by atoms with Gasteiger partial charge >= 0.3 is 0 Å². The molecular formula is C11H19N3O. The van der Waals surface area contributed by atoms with Crippen LogP contribution in [-0.4, -0.2) is 39.7 Å². The molecule has 0 amide bonds. The van der Waals surface area contributed by atoms with Gasteiger partial charge in [-0.3, -0.25) is 4.90 Å². The van der Waals surface area contributed by atoms with Crippen LogP contribution in [0.4, 0.5) is 0 Å². The van der Waals surface area contributed by atoms with Gasteiger partial charge in [0, 0.05) is 25.0 Å². The smallest absolute Gasteiger partial charge is 0.0922 e. The van der Waals surface area contributed by atoms with E-state index >= 15 is 0 Å². The van der Waals surface area contributed by atoms with E-state index in [0.29, 0.717) is 6.61 Å². The van der Waals surface area contributed by atoms with Crippen molar-refractivity contribution in [3.05, 3.63) is 18.2 Å². The molecule has 15 heavy (non-hydrogen) atoms. The Balaban J connectivity index is 1.84. The molecule has 0 spiro atoms. The Labute approximate surface area is 90.3 Å². The number of nitrogens with one attached hydrogen (secondary N) is 1. The molecule has 4 nitrogen and oxygen atoms in total. The molecule has 4 heteroatoms. The zero-order chi connectivity index (χ0) is 10.7. The van der Waals surface area contributed by atoms with Crippen molar-refractivity contribution < 1.29 is 5.11 Å². The Bertz CT molecular complexity index is 289. The van der Waals surface area contributed by atoms with Crippen molar-refractivity contribution in [2.45, 2.75) is 26.3 Å². The summed E-state index contributed by atoms with van der Waals surface area (Å²) in [5.74, 6) is 0. The molecule has 0 bridgehead atoms. The summed E-state index contributed by atoms with van der Waals surface area (Å²) in [6.07, 6.45) is 5.76. The first kappa shape index (κ1) is 10.6. The normalized spacial score (nSPS) is 21.7. The summed E-state index contributed by atoms with van der Waals surface area (Å²) >= 11 is 0. The van der Waals surface area contributed by atoms with Gasteiger partial charge in [0.2, 0.25) is 0 Å². The van der Waals surface area contributed by atoms with E-state index in [2.05, 4.69) is 21.8 Å². The first-order valence-electron chi connectivity index (χ1n) is 5.52. The average Bonchev–Trinajstić information content (AvgIpc) is 2.75. The second-order valence-corrected chi connectivity index (χ2v) is 4.82. The summed E-state index contributed by atoms with van der Waals surface area (Å²) in [6.45, 7) is 5.55. The van der Waals surface area contributed by atoms with Gasteiger partial charge in [0.05, 0.1) is 6.33 Å². The molecule has 2 rings (SSSR count). The minimum absolute atomic E-state index is 0.143. The van der Waals surface area contributed by atoms with Crippen LogP contribution in [0, 0.1) is 5.41 Å². The third kappa shape index (κ3) is 2.58. The largest absolute Gasteiger partial charge is 0.396 e. The SMILES string of the molecule is CC1(CO)CCN(Cc2cnc[nH]2)CC1. The quantitative estimate of drug-likeness (QED) is 0.781. The highest BCUT2D eigenvalue weighted by atomic mass is 16.3. The lowest BCUT2D eigenvalue weighted by Gasteiger charge is -2.37. The van der Waals surface area contributed by atoms with Crippen molar-refractivity contribution in [1.29, 1.82) is 0 Å². The molecule has 0 aromatic carbocycles. The maximum Gasteiger partial charge on any atom is 0.0922 e. The summed E-state index contributed by atoms with van der Waals surface area (Å²) in [4.78, 5) is 9.53. The molecule has 2 N–H and O–H groups in total. The molecule has 0 unspecified atom stereocenters. The molecule has 0 radical (unpaired) electrons. The first-order valence-corrected chi connectivity index (χ1v) is 5.52. The van der Waals surface area contributed by atoms with Crippen LogP contribution in [0.25, 0.3) is 0 Å². The van der Waals surface area contributed by atoms with Crippen LogP contribution in [0.5, 0.6) is 0 Å². The Hall–Kier alpha value is -0.870. The van der Waals surface area contributed by atoms with E-state index in [1.54, 1.807) is 6.33 Å². The van der Waals surface area contributed by atoms with Crippen molar-refractivity contribution in [2.24, 2.45) is 5.41 Å². The lowest BCUT2D eigenvalue weighted by molar-refractivity contribution is 0.0553. The topological polar surface area (TPSA) is 52.1 Å². The Kier molecular flexibility index (Phi) is 3.07. The van der Waals surface area contributed by atoms with Crippen LogP contribution < -0.4 is 0 Å². The van der Waals surface area contributed by atoms with Gasteiger partial charge in [-0.25, -0.2) is 4.98 Å². The van der Waals surface area contributed by atoms with Crippen LogP contribution in [0.15, 0.2) is 12.5 Å². The number of nitrogens with zero attached hydrogens (tertiary/aromatic N) is 2. The van der Waals surface area contributed by atoms with Gasteiger partial charge in [0.25, 0.3) is 0 Å². The Morgan fingerprint density at radius 2 is 2.27 bits per heavy atom. The van der Waals surface area contributed by atoms with Crippen LogP contribution in [0.2, 0.25) is 0 Å². The Morgan fingerprint density at radius 3 is 2.80 bits per heavy atom. The number of piperidine rings is 1. The van der Waals surface area contributed by atoms with Crippen molar-refractivity contribution in [3.63, 3.8) is 0 Å². The minimum atomic E-state index is 0.143. The number of aromatic nitrogens is 2. The van der Waals surface area contributed by atoms with E-state index in [1.807, 2.05) is 6.20 Å². The maximum atomic E-state index is 9.26. The molecule has 1 aromatic rings. The fourth-order valence-corrected chi connectivity index (χ4v) is 2.02.